The molecule has 0 aromatic carbocycles. The van der Waals surface area contributed by atoms with Crippen LogP contribution in [0.15, 0.2) is 0 Å². The predicted octanol–water partition coefficient (Wildman–Crippen LogP) is -17.7. The van der Waals surface area contributed by atoms with Gasteiger partial charge in [0.2, 0.25) is 29.5 Å². The summed E-state index contributed by atoms with van der Waals surface area (Å²) in [5.74, 6) is -4.36. The van der Waals surface area contributed by atoms with E-state index in [0.717, 1.165) is 34.6 Å². The molecule has 8 heterocycles. The predicted molar refractivity (Wildman–Crippen MR) is 322 cm³/mol. The van der Waals surface area contributed by atoms with Gasteiger partial charge in [-0.3, -0.25) is 24.0 Å². The summed E-state index contributed by atoms with van der Waals surface area (Å²) in [5, 5.41) is 244. The van der Waals surface area contributed by atoms with Crippen LogP contribution in [0.4, 0.5) is 0 Å². The van der Waals surface area contributed by atoms with Gasteiger partial charge in [0, 0.05) is 34.6 Å². The summed E-state index contributed by atoms with van der Waals surface area (Å²) in [6.45, 7) is -3.38. The quantitative estimate of drug-likeness (QED) is 0.0363. The lowest BCUT2D eigenvalue weighted by molar-refractivity contribution is -0.386. The van der Waals surface area contributed by atoms with Crippen molar-refractivity contribution in [1.82, 2.24) is 26.6 Å². The highest BCUT2D eigenvalue weighted by Crippen LogP contribution is 2.39. The molecule has 46 heteroatoms. The first kappa shape index (κ1) is 85.5. The zero-order valence-electron chi connectivity index (χ0n) is 56.3. The summed E-state index contributed by atoms with van der Waals surface area (Å²) in [6.07, 6.45) is -69.8. The highest BCUT2D eigenvalue weighted by atomic mass is 16.8. The van der Waals surface area contributed by atoms with Crippen molar-refractivity contribution in [1.29, 1.82) is 0 Å². The number of carbonyl (C=O) groups excluding carboxylic acids is 5. The number of aliphatic hydroxyl groups is 21. The molecule has 0 aliphatic carbocycles. The Bertz CT molecular complexity index is 2770. The Morgan fingerprint density at radius 3 is 0.904 bits per heavy atom. The molecular formula is C58H97N5O41. The van der Waals surface area contributed by atoms with Gasteiger partial charge in [-0.2, -0.15) is 0 Å². The zero-order chi connectivity index (χ0) is 76.8. The average Bonchev–Trinajstić information content (AvgIpc) is 0.771. The van der Waals surface area contributed by atoms with Crippen molar-refractivity contribution in [2.75, 3.05) is 52.9 Å². The molecule has 8 aliphatic rings. The molecule has 5 amide bonds. The first-order valence-electron chi connectivity index (χ1n) is 33.1. The fraction of sp³-hybridized carbons (Fsp3) is 0.914. The van der Waals surface area contributed by atoms with Crippen LogP contribution < -0.4 is 26.6 Å². The smallest absolute Gasteiger partial charge is 0.217 e. The molecule has 0 aromatic heterocycles. The summed E-state index contributed by atoms with van der Waals surface area (Å²) < 4.78 is 88.4. The summed E-state index contributed by atoms with van der Waals surface area (Å²) >= 11 is 0. The minimum Gasteiger partial charge on any atom is -0.394 e. The Morgan fingerprint density at radius 1 is 0.250 bits per heavy atom. The third-order valence-corrected chi connectivity index (χ3v) is 18.6. The van der Waals surface area contributed by atoms with Crippen LogP contribution >= 0.6 is 0 Å². The van der Waals surface area contributed by atoms with Crippen LogP contribution in [0.3, 0.4) is 0 Å². The topological polar surface area (TPSA) is 709 Å². The van der Waals surface area contributed by atoms with Gasteiger partial charge >= 0.3 is 0 Å². The van der Waals surface area contributed by atoms with Crippen molar-refractivity contribution in [2.24, 2.45) is 0 Å². The molecule has 8 saturated heterocycles. The van der Waals surface area contributed by atoms with Crippen LogP contribution in [0.1, 0.15) is 34.6 Å². The first-order valence-corrected chi connectivity index (χ1v) is 33.1. The second-order valence-corrected chi connectivity index (χ2v) is 26.1. The molecule has 0 spiro atoms. The molecule has 26 N–H and O–H groups in total. The molecular weight excluding hydrogens is 1420 g/mol. The number of aliphatic hydroxyl groups excluding tert-OH is 21. The molecule has 0 radical (unpaired) electrons. The number of hydrogen-bond acceptors (Lipinski definition) is 41. The number of rotatable bonds is 27. The zero-order valence-corrected chi connectivity index (χ0v) is 56.3. The van der Waals surface area contributed by atoms with E-state index >= 15 is 0 Å². The lowest BCUT2D eigenvalue weighted by Gasteiger charge is -2.51. The van der Waals surface area contributed by atoms with Crippen molar-refractivity contribution in [3.8, 4) is 0 Å². The Morgan fingerprint density at radius 2 is 0.510 bits per heavy atom. The van der Waals surface area contributed by atoms with Gasteiger partial charge < -0.3 is 205 Å². The highest BCUT2D eigenvalue weighted by Gasteiger charge is 2.60. The van der Waals surface area contributed by atoms with E-state index in [1.165, 1.54) is 0 Å². The van der Waals surface area contributed by atoms with Crippen molar-refractivity contribution in [3.63, 3.8) is 0 Å². The number of hydrogen-bond donors (Lipinski definition) is 26. The van der Waals surface area contributed by atoms with Crippen molar-refractivity contribution in [3.05, 3.63) is 0 Å². The average molecular weight is 1520 g/mol. The second kappa shape index (κ2) is 37.5. The molecule has 0 bridgehead atoms. The largest absolute Gasteiger partial charge is 0.394 e. The maximum atomic E-state index is 13.1. The van der Waals surface area contributed by atoms with Crippen molar-refractivity contribution < 1.29 is 202 Å². The Labute approximate surface area is 589 Å². The number of carbonyl (C=O) groups is 5. The van der Waals surface area contributed by atoms with E-state index in [4.69, 9.17) is 71.1 Å². The van der Waals surface area contributed by atoms with E-state index in [2.05, 4.69) is 26.6 Å². The monoisotopic (exact) mass is 1520 g/mol. The van der Waals surface area contributed by atoms with Gasteiger partial charge in [0.05, 0.1) is 52.9 Å². The van der Waals surface area contributed by atoms with Crippen LogP contribution in [0.2, 0.25) is 0 Å². The number of ether oxygens (including phenoxy) is 15. The Balaban J connectivity index is 1.11. The number of nitrogens with one attached hydrogen (secondary N) is 5. The van der Waals surface area contributed by atoms with Crippen LogP contribution in [-0.2, 0) is 95.0 Å². The normalized spacial score (nSPS) is 47.2. The first-order chi connectivity index (χ1) is 49.2. The lowest BCUT2D eigenvalue weighted by Crippen LogP contribution is -2.71. The van der Waals surface area contributed by atoms with Gasteiger partial charge in [0.25, 0.3) is 0 Å². The van der Waals surface area contributed by atoms with Gasteiger partial charge in [-0.05, 0) is 0 Å². The molecule has 1 unspecified atom stereocenters. The van der Waals surface area contributed by atoms with Crippen LogP contribution in [0.25, 0.3) is 0 Å². The molecule has 46 nitrogen and oxygen atoms in total. The van der Waals surface area contributed by atoms with Crippen LogP contribution in [0, 0.1) is 0 Å². The maximum Gasteiger partial charge on any atom is 0.217 e. The van der Waals surface area contributed by atoms with E-state index in [9.17, 15) is 131 Å². The van der Waals surface area contributed by atoms with E-state index < -0.39 is 328 Å². The van der Waals surface area contributed by atoms with Crippen molar-refractivity contribution in [2.45, 2.75) is 280 Å². The summed E-state index contributed by atoms with van der Waals surface area (Å²) in [6, 6.07) is -8.98. The van der Waals surface area contributed by atoms with E-state index in [1.807, 2.05) is 0 Å². The SMILES string of the molecule is CC(=O)N[C@H]1[C@H](OC[C@H]2O[C@@H](O[C@H]3[C@H](O)[C@@H](NC(C)=O)[C@H](O[C@H]4[C@@H](O)[C@@H](CO)O[C@@H](O[C@H]5[C@@H](O)[C@@H](CO)OC(O)[C@@H]5NC(C)=O)[C@@H]4O)O[C@@H]3CO)[C@H](O)[C@@H](O[C@@H]3O[C@H](CO)[C@@H](O[C@@H]4O[C@H](CO)[C@@H](O)[C@H](O)[C@H]4NC(C)=O)[C@H](O)[C@H]3NC(C)=O)[C@H]2O)O[C@H](CO)[C@@H](O[C@@H]2O[C@H](CO)[C@H](O)[C@H](O)[C@H]2O)[C@@H]1O. The van der Waals surface area contributed by atoms with Crippen LogP contribution in [-0.4, -0.2) is 435 Å². The number of amides is 5. The van der Waals surface area contributed by atoms with Gasteiger partial charge in [-0.15, -0.1) is 0 Å². The van der Waals surface area contributed by atoms with Gasteiger partial charge in [0.1, 0.15) is 195 Å². The Kier molecular flexibility index (Phi) is 30.9. The van der Waals surface area contributed by atoms with Crippen molar-refractivity contribution >= 4 is 29.5 Å². The van der Waals surface area contributed by atoms with E-state index in [-0.39, 0.29) is 0 Å². The van der Waals surface area contributed by atoms with E-state index in [0.29, 0.717) is 0 Å². The second-order valence-electron chi connectivity index (χ2n) is 26.1. The third-order valence-electron chi connectivity index (χ3n) is 18.6. The Hall–Kier alpha value is -4.09. The fourth-order valence-electron chi connectivity index (χ4n) is 13.4. The fourth-order valence-corrected chi connectivity index (χ4v) is 13.4. The molecule has 8 rings (SSSR count). The molecule has 0 aromatic rings. The molecule has 600 valence electrons. The molecule has 104 heavy (non-hydrogen) atoms. The summed E-state index contributed by atoms with van der Waals surface area (Å²) in [7, 11) is 0. The van der Waals surface area contributed by atoms with Gasteiger partial charge in [-0.1, -0.05) is 0 Å². The summed E-state index contributed by atoms with van der Waals surface area (Å²) in [4.78, 5) is 63.4. The minimum atomic E-state index is -2.47. The minimum absolute atomic E-state index is 0.787. The van der Waals surface area contributed by atoms with Gasteiger partial charge in [-0.25, -0.2) is 0 Å². The van der Waals surface area contributed by atoms with E-state index in [1.54, 1.807) is 0 Å². The van der Waals surface area contributed by atoms with Gasteiger partial charge in [0.15, 0.2) is 50.3 Å². The highest BCUT2D eigenvalue weighted by molar-refractivity contribution is 5.75. The third kappa shape index (κ3) is 19.2. The maximum absolute atomic E-state index is 13.1. The van der Waals surface area contributed by atoms with Crippen LogP contribution in [0.5, 0.6) is 0 Å². The molecule has 40 atom stereocenters. The summed E-state index contributed by atoms with van der Waals surface area (Å²) in [5.41, 5.74) is 0. The molecule has 8 aliphatic heterocycles. The molecule has 8 fully saturated rings. The standard InChI is InChI=1S/C58H97N5O41/c1-14(71)59-27-37(81)32(76)19(6-64)92-53(27)99-45-24(11-69)96-55(29(39(45)83)61-16(3)73)104-50-36(80)26(13-90-52-28(60-15(2)72)38(82)46(23(10-68)95-52)100-56-42(86)41(85)33(77)20(7-65)93-56)98-58(44(50)88)101-47-25(12-70)97-54(30(40(47)84)62-17(4)74)103-49-35(79)22(9-67)94-57(43(49)87)102-48-31(63-18(5)75)51(89)91-21(8-66)34(48)78/h19-58,64-70,76-89H,6-13H2,1-5H3,(H,59,71)(H,60,72)(H,61,73)(H,62,74)(H,63,75)/t19-,20-,21-,22-,23-,24-,25-,26-,27-,28-,29-,30-,31-,32-,33+,34+,35+,36+,37-,38-,39-,40-,41+,42-,43-,44-,45-,46-,47-,48-,49+,50+,51?,52-,53+,54+,55+,56+,57+,58+/m1/s1. The molecule has 0 saturated carbocycles. The lowest BCUT2D eigenvalue weighted by atomic mass is 9.93.